The van der Waals surface area contributed by atoms with Crippen molar-refractivity contribution >= 4 is 17.5 Å². The van der Waals surface area contributed by atoms with Crippen LogP contribution in [0.2, 0.25) is 0 Å². The molecular weight excluding hydrogens is 160 g/mol. The zero-order valence-corrected chi connectivity index (χ0v) is 6.97. The molecule has 0 spiro atoms. The van der Waals surface area contributed by atoms with Crippen molar-refractivity contribution in [1.82, 2.24) is 14.1 Å². The van der Waals surface area contributed by atoms with Crippen LogP contribution in [0.15, 0.2) is 6.20 Å². The van der Waals surface area contributed by atoms with E-state index in [9.17, 15) is 0 Å². The minimum Gasteiger partial charge on any atom is -0.352 e. The lowest BCUT2D eigenvalue weighted by Crippen LogP contribution is -2.43. The van der Waals surface area contributed by atoms with Gasteiger partial charge >= 0.3 is 0 Å². The van der Waals surface area contributed by atoms with Crippen molar-refractivity contribution < 1.29 is 0 Å². The Kier molecular flexibility index (Phi) is 2.00. The fourth-order valence-electron chi connectivity index (χ4n) is 1.19. The second-order valence-electron chi connectivity index (χ2n) is 2.50. The van der Waals surface area contributed by atoms with Crippen molar-refractivity contribution in [3.8, 4) is 0 Å². The number of hydrogen-bond donors (Lipinski definition) is 1. The first kappa shape index (κ1) is 7.00. The third kappa shape index (κ3) is 1.49. The Morgan fingerprint density at radius 1 is 1.45 bits per heavy atom. The van der Waals surface area contributed by atoms with Gasteiger partial charge < -0.3 is 10.2 Å². The summed E-state index contributed by atoms with van der Waals surface area (Å²) in [5, 5.41) is 3.29. The molecule has 0 aliphatic carbocycles. The molecule has 5 heteroatoms. The van der Waals surface area contributed by atoms with Crippen LogP contribution in [0.1, 0.15) is 0 Å². The molecule has 11 heavy (non-hydrogen) atoms. The van der Waals surface area contributed by atoms with E-state index in [2.05, 4.69) is 19.0 Å². The van der Waals surface area contributed by atoms with E-state index in [4.69, 9.17) is 0 Å². The summed E-state index contributed by atoms with van der Waals surface area (Å²) in [5.74, 6) is 1.02. The zero-order valence-electron chi connectivity index (χ0n) is 6.16. The Balaban J connectivity index is 2.04. The normalized spacial score (nSPS) is 18.7. The van der Waals surface area contributed by atoms with E-state index in [1.54, 1.807) is 0 Å². The van der Waals surface area contributed by atoms with E-state index in [1.165, 1.54) is 11.7 Å². The van der Waals surface area contributed by atoms with Gasteiger partial charge in [0.1, 0.15) is 0 Å². The highest BCUT2D eigenvalue weighted by atomic mass is 32.1. The topological polar surface area (TPSA) is 41.1 Å². The highest BCUT2D eigenvalue weighted by Crippen LogP contribution is 2.10. The van der Waals surface area contributed by atoms with E-state index < -0.39 is 0 Å². The van der Waals surface area contributed by atoms with Crippen molar-refractivity contribution in [2.24, 2.45) is 0 Å². The molecule has 2 heterocycles. The van der Waals surface area contributed by atoms with E-state index in [0.29, 0.717) is 0 Å². The third-order valence-corrected chi connectivity index (χ3v) is 2.26. The van der Waals surface area contributed by atoms with Gasteiger partial charge in [-0.1, -0.05) is 0 Å². The van der Waals surface area contributed by atoms with Crippen molar-refractivity contribution in [2.45, 2.75) is 0 Å². The van der Waals surface area contributed by atoms with Gasteiger partial charge in [0.15, 0.2) is 5.82 Å². The van der Waals surface area contributed by atoms with Gasteiger partial charge in [-0.15, -0.1) is 0 Å². The molecule has 1 saturated heterocycles. The Morgan fingerprint density at radius 3 is 2.91 bits per heavy atom. The maximum atomic E-state index is 4.17. The molecule has 0 bridgehead atoms. The molecular formula is C6H10N4S. The van der Waals surface area contributed by atoms with Crippen molar-refractivity contribution in [3.63, 3.8) is 0 Å². The van der Waals surface area contributed by atoms with Crippen molar-refractivity contribution in [2.75, 3.05) is 31.1 Å². The van der Waals surface area contributed by atoms with Crippen LogP contribution < -0.4 is 10.2 Å². The number of hydrogen-bond acceptors (Lipinski definition) is 5. The van der Waals surface area contributed by atoms with Crippen LogP contribution in [0.3, 0.4) is 0 Å². The van der Waals surface area contributed by atoms with E-state index in [-0.39, 0.29) is 0 Å². The molecule has 60 valence electrons. The molecule has 0 unspecified atom stereocenters. The van der Waals surface area contributed by atoms with Gasteiger partial charge in [0, 0.05) is 26.2 Å². The van der Waals surface area contributed by atoms with E-state index >= 15 is 0 Å². The average molecular weight is 170 g/mol. The summed E-state index contributed by atoms with van der Waals surface area (Å²) in [6, 6.07) is 0. The minimum absolute atomic E-state index is 1.02. The second-order valence-corrected chi connectivity index (χ2v) is 3.06. The van der Waals surface area contributed by atoms with Crippen LogP contribution in [0.4, 0.5) is 5.82 Å². The van der Waals surface area contributed by atoms with Gasteiger partial charge in [0.25, 0.3) is 0 Å². The number of nitrogens with one attached hydrogen (secondary N) is 1. The third-order valence-electron chi connectivity index (χ3n) is 1.79. The Morgan fingerprint density at radius 2 is 2.27 bits per heavy atom. The Hall–Kier alpha value is -0.680. The average Bonchev–Trinajstić information content (AvgIpc) is 2.58. The number of rotatable bonds is 1. The van der Waals surface area contributed by atoms with Crippen LogP contribution in [0.25, 0.3) is 0 Å². The Labute approximate surface area is 69.6 Å². The highest BCUT2D eigenvalue weighted by molar-refractivity contribution is 6.99. The quantitative estimate of drug-likeness (QED) is 0.641. The lowest BCUT2D eigenvalue weighted by atomic mass is 10.4. The van der Waals surface area contributed by atoms with Crippen molar-refractivity contribution in [3.05, 3.63) is 6.20 Å². The van der Waals surface area contributed by atoms with Crippen LogP contribution in [-0.4, -0.2) is 34.9 Å². The maximum Gasteiger partial charge on any atom is 0.162 e. The maximum absolute atomic E-state index is 4.17. The molecule has 4 nitrogen and oxygen atoms in total. The van der Waals surface area contributed by atoms with E-state index in [0.717, 1.165) is 32.0 Å². The predicted octanol–water partition coefficient (Wildman–Crippen LogP) is -0.0523. The van der Waals surface area contributed by atoms with Crippen LogP contribution in [0, 0.1) is 0 Å². The number of nitrogens with zero attached hydrogens (tertiary/aromatic N) is 3. The van der Waals surface area contributed by atoms with Gasteiger partial charge in [-0.2, -0.15) is 8.75 Å². The highest BCUT2D eigenvalue weighted by Gasteiger charge is 2.11. The zero-order chi connectivity index (χ0) is 7.52. The fraction of sp³-hybridized carbons (Fsp3) is 0.667. The first-order valence-corrected chi connectivity index (χ1v) is 4.43. The first-order valence-electron chi connectivity index (χ1n) is 3.70. The summed E-state index contributed by atoms with van der Waals surface area (Å²) < 4.78 is 8.13. The summed E-state index contributed by atoms with van der Waals surface area (Å²) in [6.07, 6.45) is 1.83. The van der Waals surface area contributed by atoms with E-state index in [1.807, 2.05) is 6.20 Å². The number of piperazine rings is 1. The van der Waals surface area contributed by atoms with Gasteiger partial charge in [0.2, 0.25) is 0 Å². The molecule has 1 N–H and O–H groups in total. The molecule has 0 saturated carbocycles. The van der Waals surface area contributed by atoms with Gasteiger partial charge in [-0.05, 0) is 0 Å². The SMILES string of the molecule is c1nsnc1N1CCNCC1. The van der Waals surface area contributed by atoms with Gasteiger partial charge in [-0.3, -0.25) is 0 Å². The molecule has 2 rings (SSSR count). The summed E-state index contributed by atoms with van der Waals surface area (Å²) in [5.41, 5.74) is 0. The summed E-state index contributed by atoms with van der Waals surface area (Å²) >= 11 is 1.27. The van der Waals surface area contributed by atoms with Crippen LogP contribution in [0.5, 0.6) is 0 Å². The van der Waals surface area contributed by atoms with Gasteiger partial charge in [0.05, 0.1) is 17.9 Å². The largest absolute Gasteiger partial charge is 0.352 e. The second kappa shape index (κ2) is 3.15. The minimum atomic E-state index is 1.02. The molecule has 1 aromatic heterocycles. The molecule has 0 atom stereocenters. The number of aromatic nitrogens is 2. The smallest absolute Gasteiger partial charge is 0.162 e. The van der Waals surface area contributed by atoms with Crippen LogP contribution >= 0.6 is 11.7 Å². The molecule has 1 aromatic rings. The summed E-state index contributed by atoms with van der Waals surface area (Å²) in [6.45, 7) is 4.20. The molecule has 1 aliphatic heterocycles. The molecule has 0 aromatic carbocycles. The van der Waals surface area contributed by atoms with Crippen molar-refractivity contribution in [1.29, 1.82) is 0 Å². The fourth-order valence-corrected chi connectivity index (χ4v) is 1.63. The predicted molar refractivity (Wildman–Crippen MR) is 45.0 cm³/mol. The summed E-state index contributed by atoms with van der Waals surface area (Å²) in [4.78, 5) is 2.25. The lowest BCUT2D eigenvalue weighted by molar-refractivity contribution is 0.586. The molecule has 0 radical (unpaired) electrons. The Bertz CT molecular complexity index is 204. The summed E-state index contributed by atoms with van der Waals surface area (Å²) in [7, 11) is 0. The monoisotopic (exact) mass is 170 g/mol. The molecule has 1 fully saturated rings. The molecule has 0 amide bonds. The van der Waals surface area contributed by atoms with Gasteiger partial charge in [-0.25, -0.2) is 0 Å². The lowest BCUT2D eigenvalue weighted by Gasteiger charge is -2.26. The van der Waals surface area contributed by atoms with Crippen LogP contribution in [-0.2, 0) is 0 Å². The first-order chi connectivity index (χ1) is 5.47. The number of anilines is 1. The molecule has 1 aliphatic rings. The standard InChI is InChI=1S/C6H10N4S/c1-3-10(4-2-7-1)6-5-8-11-9-6/h5,7H,1-4H2.